The first kappa shape index (κ1) is 14.8. The summed E-state index contributed by atoms with van der Waals surface area (Å²) >= 11 is 0. The van der Waals surface area contributed by atoms with E-state index in [0.29, 0.717) is 11.8 Å². The topological polar surface area (TPSA) is 41.6 Å². The van der Waals surface area contributed by atoms with E-state index in [2.05, 4.69) is 17.3 Å². The van der Waals surface area contributed by atoms with E-state index in [4.69, 9.17) is 4.84 Å². The van der Waals surface area contributed by atoms with Gasteiger partial charge in [0.05, 0.1) is 6.61 Å². The molecule has 1 saturated heterocycles. The van der Waals surface area contributed by atoms with Gasteiger partial charge in [-0.05, 0) is 43.9 Å². The van der Waals surface area contributed by atoms with Crippen LogP contribution in [0.25, 0.3) is 0 Å². The Bertz CT molecular complexity index is 282. The molecule has 0 atom stereocenters. The minimum Gasteiger partial charge on any atom is -0.342 e. The SMILES string of the molecule is CCC1CC(C(=O)N2CCC(CCONC)CC2)C1. The molecule has 0 bridgehead atoms. The second kappa shape index (κ2) is 7.25. The average Bonchev–Trinajstić information content (AvgIpc) is 2.38. The van der Waals surface area contributed by atoms with E-state index in [1.165, 1.54) is 6.42 Å². The summed E-state index contributed by atoms with van der Waals surface area (Å²) in [6.45, 7) is 4.91. The summed E-state index contributed by atoms with van der Waals surface area (Å²) < 4.78 is 0. The van der Waals surface area contributed by atoms with E-state index >= 15 is 0 Å². The third-order valence-corrected chi connectivity index (χ3v) is 4.86. The largest absolute Gasteiger partial charge is 0.342 e. The van der Waals surface area contributed by atoms with Gasteiger partial charge >= 0.3 is 0 Å². The van der Waals surface area contributed by atoms with Gasteiger partial charge in [0.15, 0.2) is 0 Å². The first-order valence-electron chi connectivity index (χ1n) is 7.81. The Kier molecular flexibility index (Phi) is 5.64. The summed E-state index contributed by atoms with van der Waals surface area (Å²) in [5.41, 5.74) is 2.71. The number of nitrogens with one attached hydrogen (secondary N) is 1. The van der Waals surface area contributed by atoms with E-state index in [0.717, 1.165) is 63.6 Å². The summed E-state index contributed by atoms with van der Waals surface area (Å²) in [4.78, 5) is 19.6. The van der Waals surface area contributed by atoms with Crippen LogP contribution in [0.1, 0.15) is 45.4 Å². The molecule has 0 aromatic carbocycles. The molecule has 0 unspecified atom stereocenters. The van der Waals surface area contributed by atoms with Gasteiger partial charge in [-0.15, -0.1) is 0 Å². The van der Waals surface area contributed by atoms with Gasteiger partial charge in [0.1, 0.15) is 0 Å². The summed E-state index contributed by atoms with van der Waals surface area (Å²) in [5.74, 6) is 2.30. The van der Waals surface area contributed by atoms with Crippen molar-refractivity contribution in [3.63, 3.8) is 0 Å². The van der Waals surface area contributed by atoms with Crippen LogP contribution >= 0.6 is 0 Å². The Morgan fingerprint density at radius 3 is 2.53 bits per heavy atom. The maximum Gasteiger partial charge on any atom is 0.225 e. The van der Waals surface area contributed by atoms with Crippen LogP contribution in [-0.2, 0) is 9.63 Å². The van der Waals surface area contributed by atoms with Gasteiger partial charge in [0, 0.05) is 26.1 Å². The third kappa shape index (κ3) is 3.93. The van der Waals surface area contributed by atoms with E-state index in [-0.39, 0.29) is 0 Å². The molecular weight excluding hydrogens is 240 g/mol. The molecule has 0 aromatic heterocycles. The van der Waals surface area contributed by atoms with Crippen molar-refractivity contribution in [3.8, 4) is 0 Å². The molecule has 1 saturated carbocycles. The fourth-order valence-electron chi connectivity index (χ4n) is 3.30. The predicted molar refractivity (Wildman–Crippen MR) is 75.4 cm³/mol. The van der Waals surface area contributed by atoms with E-state index in [1.807, 2.05) is 0 Å². The maximum absolute atomic E-state index is 12.3. The number of carbonyl (C=O) groups excluding carboxylic acids is 1. The number of rotatable bonds is 6. The van der Waals surface area contributed by atoms with Crippen molar-refractivity contribution in [2.24, 2.45) is 17.8 Å². The van der Waals surface area contributed by atoms with Crippen molar-refractivity contribution in [1.29, 1.82) is 0 Å². The normalized spacial score (nSPS) is 28.2. The monoisotopic (exact) mass is 268 g/mol. The Hall–Kier alpha value is -0.610. The van der Waals surface area contributed by atoms with Crippen LogP contribution in [0, 0.1) is 17.8 Å². The molecule has 2 aliphatic rings. The van der Waals surface area contributed by atoms with Crippen molar-refractivity contribution in [2.45, 2.75) is 45.4 Å². The molecule has 1 aliphatic carbocycles. The van der Waals surface area contributed by atoms with Crippen LogP contribution in [0.5, 0.6) is 0 Å². The Labute approximate surface area is 116 Å². The quantitative estimate of drug-likeness (QED) is 0.593. The summed E-state index contributed by atoms with van der Waals surface area (Å²) in [6.07, 6.45) is 6.88. The first-order valence-corrected chi connectivity index (χ1v) is 7.81. The van der Waals surface area contributed by atoms with Gasteiger partial charge in [-0.3, -0.25) is 4.79 Å². The van der Waals surface area contributed by atoms with Crippen molar-refractivity contribution in [2.75, 3.05) is 26.7 Å². The molecule has 1 amide bonds. The zero-order valence-corrected chi connectivity index (χ0v) is 12.4. The zero-order valence-electron chi connectivity index (χ0n) is 12.4. The van der Waals surface area contributed by atoms with Gasteiger partial charge in [-0.2, -0.15) is 0 Å². The maximum atomic E-state index is 12.3. The molecule has 0 radical (unpaired) electrons. The molecule has 1 aliphatic heterocycles. The van der Waals surface area contributed by atoms with Crippen LogP contribution in [0.2, 0.25) is 0 Å². The number of nitrogens with zero attached hydrogens (tertiary/aromatic N) is 1. The Morgan fingerprint density at radius 1 is 1.26 bits per heavy atom. The Balaban J connectivity index is 1.64. The smallest absolute Gasteiger partial charge is 0.225 e. The zero-order chi connectivity index (χ0) is 13.7. The lowest BCUT2D eigenvalue weighted by Gasteiger charge is -2.39. The highest BCUT2D eigenvalue weighted by atomic mass is 16.6. The molecule has 19 heavy (non-hydrogen) atoms. The lowest BCUT2D eigenvalue weighted by Crippen LogP contribution is -2.45. The number of hydrogen-bond donors (Lipinski definition) is 1. The fraction of sp³-hybridized carbons (Fsp3) is 0.933. The lowest BCUT2D eigenvalue weighted by atomic mass is 9.72. The van der Waals surface area contributed by atoms with Gasteiger partial charge in [0.25, 0.3) is 0 Å². The van der Waals surface area contributed by atoms with Gasteiger partial charge in [-0.1, -0.05) is 13.3 Å². The third-order valence-electron chi connectivity index (χ3n) is 4.86. The number of piperidine rings is 1. The standard InChI is InChI=1S/C15H28N2O2/c1-3-12-10-14(11-12)15(18)17-7-4-13(5-8-17)6-9-19-16-2/h12-14,16H,3-11H2,1-2H3. The second-order valence-electron chi connectivity index (χ2n) is 6.05. The van der Waals surface area contributed by atoms with Crippen LogP contribution in [0.15, 0.2) is 0 Å². The molecule has 1 heterocycles. The fourth-order valence-corrected chi connectivity index (χ4v) is 3.30. The number of likely N-dealkylation sites (tertiary alicyclic amines) is 1. The van der Waals surface area contributed by atoms with Crippen molar-refractivity contribution in [3.05, 3.63) is 0 Å². The van der Waals surface area contributed by atoms with Crippen LogP contribution in [0.3, 0.4) is 0 Å². The van der Waals surface area contributed by atoms with Crippen molar-refractivity contribution >= 4 is 5.91 Å². The molecule has 4 heteroatoms. The molecule has 4 nitrogen and oxygen atoms in total. The second-order valence-corrected chi connectivity index (χ2v) is 6.05. The highest BCUT2D eigenvalue weighted by Crippen LogP contribution is 2.37. The molecule has 110 valence electrons. The summed E-state index contributed by atoms with van der Waals surface area (Å²) in [5, 5.41) is 0. The minimum atomic E-state index is 0.342. The summed E-state index contributed by atoms with van der Waals surface area (Å²) in [6, 6.07) is 0. The van der Waals surface area contributed by atoms with Crippen molar-refractivity contribution < 1.29 is 9.63 Å². The number of amides is 1. The molecule has 2 rings (SSSR count). The van der Waals surface area contributed by atoms with Crippen molar-refractivity contribution in [1.82, 2.24) is 10.4 Å². The van der Waals surface area contributed by atoms with Crippen LogP contribution < -0.4 is 5.48 Å². The van der Waals surface area contributed by atoms with E-state index in [9.17, 15) is 4.79 Å². The van der Waals surface area contributed by atoms with Gasteiger partial charge in [-0.25, -0.2) is 5.48 Å². The number of carbonyl (C=O) groups is 1. The molecule has 1 N–H and O–H groups in total. The molecule has 0 aromatic rings. The van der Waals surface area contributed by atoms with Gasteiger partial charge < -0.3 is 9.74 Å². The number of hydrogen-bond acceptors (Lipinski definition) is 3. The predicted octanol–water partition coefficient (Wildman–Crippen LogP) is 2.20. The van der Waals surface area contributed by atoms with Crippen LogP contribution in [0.4, 0.5) is 0 Å². The summed E-state index contributed by atoms with van der Waals surface area (Å²) in [7, 11) is 1.80. The molecule has 0 spiro atoms. The minimum absolute atomic E-state index is 0.342. The van der Waals surface area contributed by atoms with E-state index < -0.39 is 0 Å². The highest BCUT2D eigenvalue weighted by Gasteiger charge is 2.36. The lowest BCUT2D eigenvalue weighted by molar-refractivity contribution is -0.141. The highest BCUT2D eigenvalue weighted by molar-refractivity contribution is 5.79. The Morgan fingerprint density at radius 2 is 1.95 bits per heavy atom. The first-order chi connectivity index (χ1) is 9.24. The van der Waals surface area contributed by atoms with E-state index in [1.54, 1.807) is 7.05 Å². The number of hydroxylamine groups is 1. The van der Waals surface area contributed by atoms with Gasteiger partial charge in [0.2, 0.25) is 5.91 Å². The average molecular weight is 268 g/mol. The van der Waals surface area contributed by atoms with Crippen LogP contribution in [-0.4, -0.2) is 37.6 Å². The molecular formula is C15H28N2O2. The molecule has 2 fully saturated rings.